The number of halogens is 1. The third-order valence-electron chi connectivity index (χ3n) is 4.01. The molecule has 0 aliphatic carbocycles. The molecule has 1 aliphatic rings. The van der Waals surface area contributed by atoms with Crippen LogP contribution in [0, 0.1) is 5.82 Å². The number of aromatic nitrogens is 1. The van der Waals surface area contributed by atoms with E-state index >= 15 is 0 Å². The van der Waals surface area contributed by atoms with Gasteiger partial charge in [-0.05, 0) is 24.3 Å². The molecule has 2 heterocycles. The number of likely N-dealkylation sites (tertiary alicyclic amines) is 1. The van der Waals surface area contributed by atoms with Crippen molar-refractivity contribution in [1.82, 2.24) is 9.88 Å². The average molecular weight is 344 g/mol. The van der Waals surface area contributed by atoms with E-state index in [0.717, 1.165) is 0 Å². The minimum Gasteiger partial charge on any atom is -0.485 e. The van der Waals surface area contributed by atoms with Crippen LogP contribution in [-0.4, -0.2) is 47.6 Å². The number of carbonyl (C=O) groups excluding carboxylic acids is 2. The summed E-state index contributed by atoms with van der Waals surface area (Å²) in [5.41, 5.74) is 0.225. The van der Waals surface area contributed by atoms with Gasteiger partial charge in [-0.25, -0.2) is 9.18 Å². The Balaban J connectivity index is 1.80. The zero-order chi connectivity index (χ0) is 17.8. The topological polar surface area (TPSA) is 68.7 Å². The molecule has 2 aromatic rings. The first-order valence-corrected chi connectivity index (χ1v) is 7.81. The Morgan fingerprint density at radius 3 is 2.64 bits per heavy atom. The Hall–Kier alpha value is -2.96. The Morgan fingerprint density at radius 2 is 1.96 bits per heavy atom. The van der Waals surface area contributed by atoms with Crippen molar-refractivity contribution in [2.24, 2.45) is 0 Å². The molecule has 1 fully saturated rings. The molecule has 1 aromatic carbocycles. The number of benzene rings is 1. The zero-order valence-electron chi connectivity index (χ0n) is 13.6. The third kappa shape index (κ3) is 3.60. The van der Waals surface area contributed by atoms with Gasteiger partial charge in [0.15, 0.2) is 11.6 Å². The smallest absolute Gasteiger partial charge is 0.328 e. The maximum atomic E-state index is 13.8. The molecule has 3 rings (SSSR count). The van der Waals surface area contributed by atoms with Gasteiger partial charge in [-0.1, -0.05) is 18.2 Å². The highest BCUT2D eigenvalue weighted by molar-refractivity contribution is 5.95. The second-order valence-electron chi connectivity index (χ2n) is 5.62. The predicted octanol–water partition coefficient (Wildman–Crippen LogP) is 2.06. The van der Waals surface area contributed by atoms with Crippen molar-refractivity contribution in [2.45, 2.75) is 18.6 Å². The number of nitrogens with zero attached hydrogens (tertiary/aromatic N) is 2. The molecule has 6 nitrogen and oxygen atoms in total. The summed E-state index contributed by atoms with van der Waals surface area (Å²) in [6.45, 7) is 0.142. The number of amides is 1. The monoisotopic (exact) mass is 344 g/mol. The molecule has 0 radical (unpaired) electrons. The van der Waals surface area contributed by atoms with Crippen molar-refractivity contribution in [3.8, 4) is 5.75 Å². The lowest BCUT2D eigenvalue weighted by Crippen LogP contribution is -2.41. The molecular formula is C18H17FN2O4. The lowest BCUT2D eigenvalue weighted by Gasteiger charge is -2.21. The second-order valence-corrected chi connectivity index (χ2v) is 5.62. The predicted molar refractivity (Wildman–Crippen MR) is 86.5 cm³/mol. The van der Waals surface area contributed by atoms with E-state index in [9.17, 15) is 14.0 Å². The van der Waals surface area contributed by atoms with Gasteiger partial charge in [-0.3, -0.25) is 9.78 Å². The Kier molecular flexibility index (Phi) is 4.92. The van der Waals surface area contributed by atoms with Gasteiger partial charge in [0.2, 0.25) is 0 Å². The highest BCUT2D eigenvalue weighted by Gasteiger charge is 2.42. The Bertz CT molecular complexity index is 769. The van der Waals surface area contributed by atoms with E-state index in [-0.39, 0.29) is 24.4 Å². The van der Waals surface area contributed by atoms with Crippen LogP contribution < -0.4 is 4.74 Å². The minimum absolute atomic E-state index is 0.0863. The number of rotatable bonds is 4. The summed E-state index contributed by atoms with van der Waals surface area (Å²) in [5, 5.41) is 0. The number of pyridine rings is 1. The van der Waals surface area contributed by atoms with Crippen LogP contribution in [0.2, 0.25) is 0 Å². The van der Waals surface area contributed by atoms with Gasteiger partial charge in [0.25, 0.3) is 5.91 Å². The number of carbonyl (C=O) groups is 2. The number of para-hydroxylation sites is 1. The fraction of sp³-hybridized carbons (Fsp3) is 0.278. The molecule has 130 valence electrons. The number of esters is 1. The van der Waals surface area contributed by atoms with Crippen LogP contribution in [0.15, 0.2) is 48.7 Å². The molecule has 1 amide bonds. The Labute approximate surface area is 144 Å². The maximum absolute atomic E-state index is 13.8. The van der Waals surface area contributed by atoms with Crippen molar-refractivity contribution >= 4 is 11.9 Å². The summed E-state index contributed by atoms with van der Waals surface area (Å²) in [6.07, 6.45) is 1.21. The quantitative estimate of drug-likeness (QED) is 0.794. The molecule has 1 aromatic heterocycles. The van der Waals surface area contributed by atoms with Gasteiger partial charge in [0, 0.05) is 12.6 Å². The molecule has 2 atom stereocenters. The lowest BCUT2D eigenvalue weighted by atomic mass is 10.2. The molecule has 0 unspecified atom stereocenters. The SMILES string of the molecule is COC(=O)[C@H]1C[C@@H](Oc2ccccc2F)CN1C(=O)c1ccccn1. The summed E-state index contributed by atoms with van der Waals surface area (Å²) in [6, 6.07) is 10.2. The summed E-state index contributed by atoms with van der Waals surface area (Å²) >= 11 is 0. The minimum atomic E-state index is -0.795. The number of hydrogen-bond donors (Lipinski definition) is 0. The summed E-state index contributed by atoms with van der Waals surface area (Å²) in [7, 11) is 1.26. The summed E-state index contributed by atoms with van der Waals surface area (Å²) in [4.78, 5) is 30.1. The molecular weight excluding hydrogens is 327 g/mol. The number of ether oxygens (including phenoxy) is 2. The van der Waals surface area contributed by atoms with E-state index in [1.807, 2.05) is 0 Å². The molecule has 0 spiro atoms. The summed E-state index contributed by atoms with van der Waals surface area (Å²) in [5.74, 6) is -1.34. The van der Waals surface area contributed by atoms with Crippen molar-refractivity contribution in [3.05, 3.63) is 60.2 Å². The van der Waals surface area contributed by atoms with E-state index in [4.69, 9.17) is 9.47 Å². The molecule has 7 heteroatoms. The first-order chi connectivity index (χ1) is 12.1. The average Bonchev–Trinajstić information content (AvgIpc) is 3.07. The second kappa shape index (κ2) is 7.29. The molecule has 25 heavy (non-hydrogen) atoms. The van der Waals surface area contributed by atoms with Gasteiger partial charge >= 0.3 is 5.97 Å². The van der Waals surface area contributed by atoms with E-state index in [0.29, 0.717) is 0 Å². The van der Waals surface area contributed by atoms with Crippen LogP contribution in [0.25, 0.3) is 0 Å². The van der Waals surface area contributed by atoms with Crippen molar-refractivity contribution in [1.29, 1.82) is 0 Å². The fourth-order valence-corrected chi connectivity index (χ4v) is 2.82. The molecule has 0 N–H and O–H groups in total. The van der Waals surface area contributed by atoms with Gasteiger partial charge < -0.3 is 14.4 Å². The van der Waals surface area contributed by atoms with Crippen molar-refractivity contribution in [3.63, 3.8) is 0 Å². The number of hydrogen-bond acceptors (Lipinski definition) is 5. The van der Waals surface area contributed by atoms with E-state index < -0.39 is 29.8 Å². The van der Waals surface area contributed by atoms with Gasteiger partial charge in [0.1, 0.15) is 17.8 Å². The molecule has 1 saturated heterocycles. The van der Waals surface area contributed by atoms with E-state index in [2.05, 4.69) is 4.98 Å². The first-order valence-electron chi connectivity index (χ1n) is 7.81. The fourth-order valence-electron chi connectivity index (χ4n) is 2.82. The highest BCUT2D eigenvalue weighted by Crippen LogP contribution is 2.26. The largest absolute Gasteiger partial charge is 0.485 e. The van der Waals surface area contributed by atoms with Gasteiger partial charge in [-0.15, -0.1) is 0 Å². The Morgan fingerprint density at radius 1 is 1.20 bits per heavy atom. The van der Waals surface area contributed by atoms with Crippen molar-refractivity contribution in [2.75, 3.05) is 13.7 Å². The third-order valence-corrected chi connectivity index (χ3v) is 4.01. The molecule has 0 bridgehead atoms. The highest BCUT2D eigenvalue weighted by atomic mass is 19.1. The van der Waals surface area contributed by atoms with Crippen LogP contribution in [-0.2, 0) is 9.53 Å². The van der Waals surface area contributed by atoms with Crippen LogP contribution in [0.4, 0.5) is 4.39 Å². The zero-order valence-corrected chi connectivity index (χ0v) is 13.6. The van der Waals surface area contributed by atoms with E-state index in [1.54, 1.807) is 30.3 Å². The standard InChI is InChI=1S/C18H17FN2O4/c1-24-18(23)15-10-12(25-16-8-3-2-6-13(16)19)11-21(15)17(22)14-7-4-5-9-20-14/h2-9,12,15H,10-11H2,1H3/t12-,15-/m1/s1. The van der Waals surface area contributed by atoms with Gasteiger partial charge in [0.05, 0.1) is 13.7 Å². The van der Waals surface area contributed by atoms with Crippen LogP contribution >= 0.6 is 0 Å². The maximum Gasteiger partial charge on any atom is 0.328 e. The van der Waals surface area contributed by atoms with Crippen LogP contribution in [0.1, 0.15) is 16.9 Å². The number of methoxy groups -OCH3 is 1. The first kappa shape index (κ1) is 16.9. The lowest BCUT2D eigenvalue weighted by molar-refractivity contribution is -0.145. The normalized spacial score (nSPS) is 19.5. The van der Waals surface area contributed by atoms with Crippen molar-refractivity contribution < 1.29 is 23.5 Å². The van der Waals surface area contributed by atoms with Gasteiger partial charge in [-0.2, -0.15) is 0 Å². The van der Waals surface area contributed by atoms with E-state index in [1.165, 1.54) is 30.3 Å². The molecule has 0 saturated carbocycles. The molecule has 1 aliphatic heterocycles. The summed E-state index contributed by atoms with van der Waals surface area (Å²) < 4.78 is 24.2. The van der Waals surface area contributed by atoms with Crippen LogP contribution in [0.5, 0.6) is 5.75 Å². The van der Waals surface area contributed by atoms with Crippen LogP contribution in [0.3, 0.4) is 0 Å².